The number of anilines is 1. The number of carbonyl (C=O) groups is 1. The summed E-state index contributed by atoms with van der Waals surface area (Å²) in [5.41, 5.74) is 2.63. The Hall–Kier alpha value is -2.92. The first-order valence-electron chi connectivity index (χ1n) is 7.33. The van der Waals surface area contributed by atoms with Crippen LogP contribution in [0.2, 0.25) is 0 Å². The van der Waals surface area contributed by atoms with Crippen molar-refractivity contribution in [3.8, 4) is 5.69 Å². The Morgan fingerprint density at radius 1 is 1.17 bits per heavy atom. The number of nitrogens with zero attached hydrogens (tertiary/aromatic N) is 2. The molecule has 0 saturated carbocycles. The first kappa shape index (κ1) is 15.0. The Labute approximate surface area is 134 Å². The fourth-order valence-corrected chi connectivity index (χ4v) is 2.38. The Bertz CT molecular complexity index is 811. The molecular weight excluding hydrogens is 290 g/mol. The van der Waals surface area contributed by atoms with Crippen LogP contribution in [-0.4, -0.2) is 20.8 Å². The fraction of sp³-hybridized carbons (Fsp3) is 0.111. The smallest absolute Gasteiger partial charge is 0.255 e. The predicted molar refractivity (Wildman–Crippen MR) is 88.6 cm³/mol. The summed E-state index contributed by atoms with van der Waals surface area (Å²) in [6.07, 6.45) is 2.85. The van der Waals surface area contributed by atoms with Crippen molar-refractivity contribution < 1.29 is 9.90 Å². The van der Waals surface area contributed by atoms with Gasteiger partial charge in [0.2, 0.25) is 0 Å². The highest BCUT2D eigenvalue weighted by molar-refractivity contribution is 6.05. The molecule has 0 unspecified atom stereocenters. The van der Waals surface area contributed by atoms with Crippen LogP contribution >= 0.6 is 0 Å². The number of nitrogens with one attached hydrogen (secondary N) is 1. The Morgan fingerprint density at radius 2 is 2.00 bits per heavy atom. The molecule has 1 heterocycles. The molecule has 0 saturated heterocycles. The van der Waals surface area contributed by atoms with Crippen molar-refractivity contribution in [1.82, 2.24) is 9.78 Å². The number of aromatic nitrogens is 2. The molecule has 0 spiro atoms. The topological polar surface area (TPSA) is 67.2 Å². The van der Waals surface area contributed by atoms with E-state index in [-0.39, 0.29) is 5.91 Å². The minimum Gasteiger partial charge on any atom is -0.389 e. The Kier molecular flexibility index (Phi) is 4.21. The van der Waals surface area contributed by atoms with Crippen molar-refractivity contribution in [3.63, 3.8) is 0 Å². The molecule has 5 heteroatoms. The Balaban J connectivity index is 1.86. The zero-order chi connectivity index (χ0) is 16.2. The van der Waals surface area contributed by atoms with Gasteiger partial charge in [-0.2, -0.15) is 5.10 Å². The van der Waals surface area contributed by atoms with E-state index in [2.05, 4.69) is 10.4 Å². The van der Waals surface area contributed by atoms with Crippen LogP contribution in [0.15, 0.2) is 67.0 Å². The van der Waals surface area contributed by atoms with Crippen LogP contribution in [0.5, 0.6) is 0 Å². The molecule has 1 aromatic heterocycles. The number of carbonyl (C=O) groups excluding carboxylic acids is 1. The number of rotatable bonds is 4. The van der Waals surface area contributed by atoms with Crippen molar-refractivity contribution in [2.24, 2.45) is 0 Å². The maximum absolute atomic E-state index is 12.5. The summed E-state index contributed by atoms with van der Waals surface area (Å²) in [6.45, 7) is 1.67. The summed E-state index contributed by atoms with van der Waals surface area (Å²) >= 11 is 0. The number of aliphatic hydroxyl groups excluding tert-OH is 1. The van der Waals surface area contributed by atoms with Crippen LogP contribution in [0.4, 0.5) is 5.69 Å². The van der Waals surface area contributed by atoms with Gasteiger partial charge in [0.25, 0.3) is 5.91 Å². The van der Waals surface area contributed by atoms with E-state index in [4.69, 9.17) is 0 Å². The van der Waals surface area contributed by atoms with E-state index in [1.54, 1.807) is 42.1 Å². The highest BCUT2D eigenvalue weighted by atomic mass is 16.3. The first-order valence-corrected chi connectivity index (χ1v) is 7.33. The standard InChI is InChI=1S/C18H17N3O2/c1-13(22)16-8-2-3-9-17(16)20-18(23)14-6-4-7-15(12-14)21-11-5-10-19-21/h2-13,22H,1H3,(H,20,23)/t13-/m1/s1. The highest BCUT2D eigenvalue weighted by Crippen LogP contribution is 2.23. The molecule has 23 heavy (non-hydrogen) atoms. The number of aliphatic hydroxyl groups is 1. The summed E-state index contributed by atoms with van der Waals surface area (Å²) < 4.78 is 1.69. The van der Waals surface area contributed by atoms with Gasteiger partial charge in [0.15, 0.2) is 0 Å². The Morgan fingerprint density at radius 3 is 2.74 bits per heavy atom. The number of amides is 1. The summed E-state index contributed by atoms with van der Waals surface area (Å²) in [5, 5.41) is 16.8. The van der Waals surface area contributed by atoms with Crippen molar-refractivity contribution >= 4 is 11.6 Å². The van der Waals surface area contributed by atoms with Gasteiger partial charge in [-0.25, -0.2) is 4.68 Å². The average molecular weight is 307 g/mol. The van der Waals surface area contributed by atoms with Crippen LogP contribution in [-0.2, 0) is 0 Å². The van der Waals surface area contributed by atoms with Gasteiger partial charge in [0.1, 0.15) is 0 Å². The third kappa shape index (κ3) is 3.30. The minimum atomic E-state index is -0.651. The lowest BCUT2D eigenvalue weighted by Gasteiger charge is -2.13. The van der Waals surface area contributed by atoms with Crippen molar-refractivity contribution in [3.05, 3.63) is 78.1 Å². The molecule has 0 radical (unpaired) electrons. The molecule has 5 nitrogen and oxygen atoms in total. The minimum absolute atomic E-state index is 0.230. The van der Waals surface area contributed by atoms with E-state index >= 15 is 0 Å². The van der Waals surface area contributed by atoms with E-state index < -0.39 is 6.10 Å². The number of hydrogen-bond donors (Lipinski definition) is 2. The van der Waals surface area contributed by atoms with Gasteiger partial charge in [-0.05, 0) is 37.3 Å². The highest BCUT2D eigenvalue weighted by Gasteiger charge is 2.12. The van der Waals surface area contributed by atoms with E-state index in [9.17, 15) is 9.90 Å². The molecule has 1 amide bonds. The quantitative estimate of drug-likeness (QED) is 0.778. The van der Waals surface area contributed by atoms with Gasteiger partial charge in [0.05, 0.1) is 11.8 Å². The molecule has 2 N–H and O–H groups in total. The first-order chi connectivity index (χ1) is 11.1. The van der Waals surface area contributed by atoms with Crippen LogP contribution in [0.25, 0.3) is 5.69 Å². The molecule has 0 bridgehead atoms. The van der Waals surface area contributed by atoms with E-state index in [0.717, 1.165) is 5.69 Å². The van der Waals surface area contributed by atoms with E-state index in [0.29, 0.717) is 16.8 Å². The average Bonchev–Trinajstić information content (AvgIpc) is 3.10. The van der Waals surface area contributed by atoms with Crippen LogP contribution in [0.3, 0.4) is 0 Å². The predicted octanol–water partition coefficient (Wildman–Crippen LogP) is 3.18. The van der Waals surface area contributed by atoms with E-state index in [1.807, 2.05) is 36.5 Å². The third-order valence-corrected chi connectivity index (χ3v) is 3.54. The van der Waals surface area contributed by atoms with Crippen LogP contribution < -0.4 is 5.32 Å². The summed E-state index contributed by atoms with van der Waals surface area (Å²) in [6, 6.07) is 16.3. The monoisotopic (exact) mass is 307 g/mol. The lowest BCUT2D eigenvalue weighted by Crippen LogP contribution is -2.14. The summed E-state index contributed by atoms with van der Waals surface area (Å²) in [5.74, 6) is -0.230. The van der Waals surface area contributed by atoms with Gasteiger partial charge < -0.3 is 10.4 Å². The van der Waals surface area contributed by atoms with Gasteiger partial charge in [-0.3, -0.25) is 4.79 Å². The second-order valence-corrected chi connectivity index (χ2v) is 5.22. The van der Waals surface area contributed by atoms with Crippen LogP contribution in [0.1, 0.15) is 28.9 Å². The SMILES string of the molecule is C[C@@H](O)c1ccccc1NC(=O)c1cccc(-n2cccn2)c1. The molecule has 2 aromatic carbocycles. The molecule has 1 atom stereocenters. The molecular formula is C18H17N3O2. The zero-order valence-electron chi connectivity index (χ0n) is 12.7. The molecule has 3 aromatic rings. The molecule has 0 aliphatic carbocycles. The largest absolute Gasteiger partial charge is 0.389 e. The number of hydrogen-bond acceptors (Lipinski definition) is 3. The van der Waals surface area contributed by atoms with Gasteiger partial charge >= 0.3 is 0 Å². The zero-order valence-corrected chi connectivity index (χ0v) is 12.7. The van der Waals surface area contributed by atoms with Crippen molar-refractivity contribution in [2.75, 3.05) is 5.32 Å². The number of benzene rings is 2. The maximum Gasteiger partial charge on any atom is 0.255 e. The second kappa shape index (κ2) is 6.46. The van der Waals surface area contributed by atoms with E-state index in [1.165, 1.54) is 0 Å². The second-order valence-electron chi connectivity index (χ2n) is 5.22. The fourth-order valence-electron chi connectivity index (χ4n) is 2.38. The van der Waals surface area contributed by atoms with Crippen LogP contribution in [0, 0.1) is 0 Å². The summed E-state index contributed by atoms with van der Waals surface area (Å²) in [7, 11) is 0. The normalized spacial score (nSPS) is 11.9. The molecule has 0 fully saturated rings. The molecule has 0 aliphatic heterocycles. The molecule has 116 valence electrons. The van der Waals surface area contributed by atoms with Crippen molar-refractivity contribution in [1.29, 1.82) is 0 Å². The van der Waals surface area contributed by atoms with Crippen molar-refractivity contribution in [2.45, 2.75) is 13.0 Å². The number of para-hydroxylation sites is 1. The molecule has 0 aliphatic rings. The lowest BCUT2D eigenvalue weighted by atomic mass is 10.1. The maximum atomic E-state index is 12.5. The lowest BCUT2D eigenvalue weighted by molar-refractivity contribution is 0.102. The third-order valence-electron chi connectivity index (χ3n) is 3.54. The molecule has 3 rings (SSSR count). The van der Waals surface area contributed by atoms with Gasteiger partial charge in [0, 0.05) is 29.2 Å². The van der Waals surface area contributed by atoms with Gasteiger partial charge in [-0.1, -0.05) is 24.3 Å². The van der Waals surface area contributed by atoms with Gasteiger partial charge in [-0.15, -0.1) is 0 Å². The summed E-state index contributed by atoms with van der Waals surface area (Å²) in [4.78, 5) is 12.5.